The lowest BCUT2D eigenvalue weighted by molar-refractivity contribution is -0.122. The standard InChI is InChI=1S/C25H25ClFN7O3/c1-13(2)14-6-4-5-7-16(14)25(11-34(12-25)18-9-20(27)32-33-21(18)22(28)35)24(37)31-17-10-30-19(26)8-15(17)23(36)29-3/h4-10,13H,11-12H2,1-3H3,(H2,28,35)(H,29,36)(H,31,37). The summed E-state index contributed by atoms with van der Waals surface area (Å²) < 4.78 is 14.0. The van der Waals surface area contributed by atoms with Gasteiger partial charge >= 0.3 is 0 Å². The van der Waals surface area contributed by atoms with E-state index in [1.165, 1.54) is 19.3 Å². The number of halogens is 2. The molecule has 37 heavy (non-hydrogen) atoms. The van der Waals surface area contributed by atoms with Gasteiger partial charge in [-0.3, -0.25) is 14.4 Å². The van der Waals surface area contributed by atoms with E-state index in [1.807, 2.05) is 38.1 Å². The average molecular weight is 526 g/mol. The Hall–Kier alpha value is -4.12. The van der Waals surface area contributed by atoms with E-state index < -0.39 is 29.1 Å². The molecule has 0 bridgehead atoms. The van der Waals surface area contributed by atoms with Crippen LogP contribution in [0.15, 0.2) is 42.6 Å². The van der Waals surface area contributed by atoms with Crippen LogP contribution in [0.25, 0.3) is 0 Å². The number of rotatable bonds is 7. The van der Waals surface area contributed by atoms with Crippen molar-refractivity contribution in [3.8, 4) is 0 Å². The van der Waals surface area contributed by atoms with Crippen molar-refractivity contribution in [2.24, 2.45) is 5.73 Å². The van der Waals surface area contributed by atoms with Gasteiger partial charge in [0.15, 0.2) is 5.69 Å². The Labute approximate surface area is 217 Å². The first kappa shape index (κ1) is 26.0. The Bertz CT molecular complexity index is 1390. The van der Waals surface area contributed by atoms with Gasteiger partial charge in [0, 0.05) is 26.2 Å². The van der Waals surface area contributed by atoms with Crippen LogP contribution in [-0.4, -0.2) is 53.0 Å². The van der Waals surface area contributed by atoms with Crippen molar-refractivity contribution in [2.45, 2.75) is 25.2 Å². The molecule has 0 spiro atoms. The fraction of sp³-hybridized carbons (Fsp3) is 0.280. The maximum Gasteiger partial charge on any atom is 0.271 e. The van der Waals surface area contributed by atoms with Crippen molar-refractivity contribution in [1.82, 2.24) is 20.5 Å². The first-order valence-electron chi connectivity index (χ1n) is 11.4. The highest BCUT2D eigenvalue weighted by Crippen LogP contribution is 2.42. The van der Waals surface area contributed by atoms with E-state index in [1.54, 1.807) is 4.90 Å². The number of nitrogens with two attached hydrogens (primary N) is 1. The predicted molar refractivity (Wildman–Crippen MR) is 136 cm³/mol. The Morgan fingerprint density at radius 3 is 2.51 bits per heavy atom. The molecule has 0 radical (unpaired) electrons. The summed E-state index contributed by atoms with van der Waals surface area (Å²) in [6.45, 7) is 4.21. The van der Waals surface area contributed by atoms with Crippen molar-refractivity contribution in [3.05, 3.63) is 76.1 Å². The highest BCUT2D eigenvalue weighted by atomic mass is 35.5. The molecular weight excluding hydrogens is 501 g/mol. The first-order valence-corrected chi connectivity index (χ1v) is 11.8. The molecule has 10 nitrogen and oxygen atoms in total. The molecule has 4 rings (SSSR count). The van der Waals surface area contributed by atoms with Gasteiger partial charge in [0.05, 0.1) is 23.1 Å². The molecule has 192 valence electrons. The van der Waals surface area contributed by atoms with Crippen LogP contribution in [0, 0.1) is 5.95 Å². The van der Waals surface area contributed by atoms with Crippen molar-refractivity contribution in [2.75, 3.05) is 30.4 Å². The lowest BCUT2D eigenvalue weighted by Crippen LogP contribution is -2.66. The van der Waals surface area contributed by atoms with Gasteiger partial charge in [-0.05, 0) is 23.1 Å². The third-order valence-corrected chi connectivity index (χ3v) is 6.57. The monoisotopic (exact) mass is 525 g/mol. The highest BCUT2D eigenvalue weighted by Gasteiger charge is 2.52. The van der Waals surface area contributed by atoms with Gasteiger partial charge < -0.3 is 21.3 Å². The molecule has 3 amide bonds. The molecule has 0 unspecified atom stereocenters. The van der Waals surface area contributed by atoms with Crippen molar-refractivity contribution < 1.29 is 18.8 Å². The minimum Gasteiger partial charge on any atom is -0.366 e. The molecule has 3 aromatic rings. The van der Waals surface area contributed by atoms with Gasteiger partial charge in [0.1, 0.15) is 10.6 Å². The molecule has 12 heteroatoms. The van der Waals surface area contributed by atoms with Crippen molar-refractivity contribution >= 4 is 40.7 Å². The molecule has 1 aliphatic rings. The predicted octanol–water partition coefficient (Wildman–Crippen LogP) is 2.64. The summed E-state index contributed by atoms with van der Waals surface area (Å²) in [5.74, 6) is -2.51. The number of hydrogen-bond donors (Lipinski definition) is 3. The number of carbonyl (C=O) groups is 3. The summed E-state index contributed by atoms with van der Waals surface area (Å²) in [6.07, 6.45) is 1.32. The summed E-state index contributed by atoms with van der Waals surface area (Å²) in [5.41, 5.74) is 6.31. The zero-order chi connectivity index (χ0) is 26.9. The Morgan fingerprint density at radius 2 is 1.86 bits per heavy atom. The maximum absolute atomic E-state index is 14.0. The Kier molecular flexibility index (Phi) is 7.08. The van der Waals surface area contributed by atoms with Crippen LogP contribution < -0.4 is 21.3 Å². The fourth-order valence-electron chi connectivity index (χ4n) is 4.52. The highest BCUT2D eigenvalue weighted by molar-refractivity contribution is 6.30. The van der Waals surface area contributed by atoms with Gasteiger partial charge in [0.25, 0.3) is 11.8 Å². The second-order valence-electron chi connectivity index (χ2n) is 9.03. The lowest BCUT2D eigenvalue weighted by atomic mass is 9.69. The SMILES string of the molecule is CNC(=O)c1cc(Cl)ncc1NC(=O)C1(c2ccccc2C(C)C)CN(c2cc(F)nnc2C(N)=O)C1. The molecule has 3 heterocycles. The third kappa shape index (κ3) is 4.82. The maximum atomic E-state index is 14.0. The van der Waals surface area contributed by atoms with Crippen LogP contribution in [0.1, 0.15) is 51.7 Å². The number of primary amides is 1. The first-order chi connectivity index (χ1) is 17.6. The van der Waals surface area contributed by atoms with E-state index in [0.29, 0.717) is 0 Å². The second kappa shape index (κ2) is 10.1. The normalized spacial score (nSPS) is 14.2. The van der Waals surface area contributed by atoms with Gasteiger partial charge in [-0.2, -0.15) is 4.39 Å². The molecule has 0 saturated carbocycles. The van der Waals surface area contributed by atoms with Crippen LogP contribution >= 0.6 is 11.6 Å². The minimum atomic E-state index is -1.12. The number of amides is 3. The molecule has 2 aromatic heterocycles. The third-order valence-electron chi connectivity index (χ3n) is 6.36. The summed E-state index contributed by atoms with van der Waals surface area (Å²) in [4.78, 5) is 44.0. The fourth-order valence-corrected chi connectivity index (χ4v) is 4.68. The van der Waals surface area contributed by atoms with E-state index >= 15 is 0 Å². The van der Waals surface area contributed by atoms with Gasteiger partial charge in [-0.25, -0.2) is 4.98 Å². The van der Waals surface area contributed by atoms with E-state index in [0.717, 1.165) is 17.2 Å². The number of benzene rings is 1. The van der Waals surface area contributed by atoms with Crippen LogP contribution in [0.2, 0.25) is 5.15 Å². The smallest absolute Gasteiger partial charge is 0.271 e. The Morgan fingerprint density at radius 1 is 1.16 bits per heavy atom. The zero-order valence-electron chi connectivity index (χ0n) is 20.4. The molecule has 1 aromatic carbocycles. The van der Waals surface area contributed by atoms with Gasteiger partial charge in [-0.15, -0.1) is 10.2 Å². The van der Waals surface area contributed by atoms with Gasteiger partial charge in [0.2, 0.25) is 11.9 Å². The number of anilines is 2. The summed E-state index contributed by atoms with van der Waals surface area (Å²) in [5, 5.41) is 12.3. The van der Waals surface area contributed by atoms with E-state index in [4.69, 9.17) is 17.3 Å². The van der Waals surface area contributed by atoms with E-state index in [-0.39, 0.29) is 46.8 Å². The van der Waals surface area contributed by atoms with Crippen molar-refractivity contribution in [1.29, 1.82) is 0 Å². The van der Waals surface area contributed by atoms with E-state index in [2.05, 4.69) is 25.8 Å². The summed E-state index contributed by atoms with van der Waals surface area (Å²) >= 11 is 5.98. The number of hydrogen-bond acceptors (Lipinski definition) is 7. The van der Waals surface area contributed by atoms with Crippen LogP contribution in [0.5, 0.6) is 0 Å². The van der Waals surface area contributed by atoms with Crippen LogP contribution in [0.4, 0.5) is 15.8 Å². The number of carbonyl (C=O) groups excluding carboxylic acids is 3. The topological polar surface area (TPSA) is 143 Å². The number of aromatic nitrogens is 3. The summed E-state index contributed by atoms with van der Waals surface area (Å²) in [6, 6.07) is 9.97. The Balaban J connectivity index is 1.78. The number of nitrogens with zero attached hydrogens (tertiary/aromatic N) is 4. The zero-order valence-corrected chi connectivity index (χ0v) is 21.1. The number of pyridine rings is 1. The van der Waals surface area contributed by atoms with Gasteiger partial charge in [-0.1, -0.05) is 49.7 Å². The van der Waals surface area contributed by atoms with E-state index in [9.17, 15) is 18.8 Å². The molecule has 1 fully saturated rings. The largest absolute Gasteiger partial charge is 0.366 e. The average Bonchev–Trinajstić information content (AvgIpc) is 2.84. The molecule has 0 aliphatic carbocycles. The molecule has 1 saturated heterocycles. The second-order valence-corrected chi connectivity index (χ2v) is 9.42. The molecule has 4 N–H and O–H groups in total. The van der Waals surface area contributed by atoms with Crippen LogP contribution in [0.3, 0.4) is 0 Å². The lowest BCUT2D eigenvalue weighted by Gasteiger charge is -2.51. The minimum absolute atomic E-state index is 0.0876. The van der Waals surface area contributed by atoms with Crippen molar-refractivity contribution in [3.63, 3.8) is 0 Å². The molecule has 0 atom stereocenters. The molecular formula is C25H25ClFN7O3. The summed E-state index contributed by atoms with van der Waals surface area (Å²) in [7, 11) is 1.46. The number of nitrogens with one attached hydrogen (secondary N) is 2. The quantitative estimate of drug-likeness (QED) is 0.402. The molecule has 1 aliphatic heterocycles. The van der Waals surface area contributed by atoms with Crippen LogP contribution in [-0.2, 0) is 10.2 Å².